The third-order valence-electron chi connectivity index (χ3n) is 3.49. The van der Waals surface area contributed by atoms with Gasteiger partial charge < -0.3 is 14.8 Å². The van der Waals surface area contributed by atoms with Crippen LogP contribution in [-0.2, 0) is 4.74 Å². The Morgan fingerprint density at radius 3 is 2.84 bits per heavy atom. The molecule has 0 aromatic heterocycles. The Balaban J connectivity index is 2.27. The fraction of sp³-hybridized carbons (Fsp3) is 0.500. The largest absolute Gasteiger partial charge is 0.501 e. The number of likely N-dealkylation sites (N-methyl/N-ethyl adjacent to an activating group) is 1. The Bertz CT molecular complexity index is 454. The molecule has 1 aromatic carbocycles. The monoisotopic (exact) mass is 261 g/mol. The highest BCUT2D eigenvalue weighted by molar-refractivity contribution is 5.39. The molecule has 1 aliphatic heterocycles. The van der Waals surface area contributed by atoms with Gasteiger partial charge in [0.1, 0.15) is 5.75 Å². The average molecular weight is 261 g/mol. The van der Waals surface area contributed by atoms with Crippen molar-refractivity contribution in [3.8, 4) is 5.75 Å². The highest BCUT2D eigenvalue weighted by atomic mass is 16.5. The molecule has 0 radical (unpaired) electrons. The first kappa shape index (κ1) is 13.9. The van der Waals surface area contributed by atoms with Crippen LogP contribution < -0.4 is 10.1 Å². The Kier molecular flexibility index (Phi) is 4.86. The molecule has 1 heterocycles. The molecule has 3 heteroatoms. The lowest BCUT2D eigenvalue weighted by atomic mass is 9.94. The van der Waals surface area contributed by atoms with E-state index < -0.39 is 0 Å². The minimum Gasteiger partial charge on any atom is -0.501 e. The molecule has 0 fully saturated rings. The van der Waals surface area contributed by atoms with Crippen molar-refractivity contribution in [2.75, 3.05) is 20.3 Å². The molecule has 19 heavy (non-hydrogen) atoms. The van der Waals surface area contributed by atoms with Gasteiger partial charge in [-0.1, -0.05) is 19.1 Å². The Morgan fingerprint density at radius 2 is 2.26 bits per heavy atom. The number of hydrogen-bond donors (Lipinski definition) is 1. The van der Waals surface area contributed by atoms with Crippen molar-refractivity contribution in [2.45, 2.75) is 32.7 Å². The SMILES string of the molecule is CCNC(C1=COCCC1)c1ccc(OC)c(C)c1. The first-order chi connectivity index (χ1) is 9.26. The van der Waals surface area contributed by atoms with E-state index in [-0.39, 0.29) is 6.04 Å². The van der Waals surface area contributed by atoms with Crippen LogP contribution in [0.4, 0.5) is 0 Å². The molecular weight excluding hydrogens is 238 g/mol. The molecule has 1 aliphatic rings. The van der Waals surface area contributed by atoms with Crippen molar-refractivity contribution in [1.82, 2.24) is 5.32 Å². The van der Waals surface area contributed by atoms with Crippen LogP contribution in [0.1, 0.15) is 36.9 Å². The third kappa shape index (κ3) is 3.29. The summed E-state index contributed by atoms with van der Waals surface area (Å²) in [6.07, 6.45) is 4.13. The number of rotatable bonds is 5. The average Bonchev–Trinajstić information content (AvgIpc) is 2.45. The minimum atomic E-state index is 0.245. The van der Waals surface area contributed by atoms with Crippen molar-refractivity contribution in [3.63, 3.8) is 0 Å². The van der Waals surface area contributed by atoms with E-state index in [9.17, 15) is 0 Å². The van der Waals surface area contributed by atoms with Gasteiger partial charge in [-0.25, -0.2) is 0 Å². The van der Waals surface area contributed by atoms with Gasteiger partial charge in [0.2, 0.25) is 0 Å². The molecule has 3 nitrogen and oxygen atoms in total. The van der Waals surface area contributed by atoms with Crippen molar-refractivity contribution < 1.29 is 9.47 Å². The zero-order chi connectivity index (χ0) is 13.7. The summed E-state index contributed by atoms with van der Waals surface area (Å²) in [6, 6.07) is 6.62. The van der Waals surface area contributed by atoms with E-state index in [1.165, 1.54) is 16.7 Å². The molecule has 0 amide bonds. The second-order valence-corrected chi connectivity index (χ2v) is 4.89. The Hall–Kier alpha value is -1.48. The Labute approximate surface area is 115 Å². The maximum Gasteiger partial charge on any atom is 0.121 e. The van der Waals surface area contributed by atoms with Gasteiger partial charge in [-0.2, -0.15) is 0 Å². The highest BCUT2D eigenvalue weighted by Gasteiger charge is 2.18. The summed E-state index contributed by atoms with van der Waals surface area (Å²) in [5.74, 6) is 0.938. The molecule has 0 spiro atoms. The van der Waals surface area contributed by atoms with E-state index in [2.05, 4.69) is 31.3 Å². The van der Waals surface area contributed by atoms with Crippen LogP contribution in [0.3, 0.4) is 0 Å². The maximum absolute atomic E-state index is 5.48. The maximum atomic E-state index is 5.48. The highest BCUT2D eigenvalue weighted by Crippen LogP contribution is 2.30. The smallest absolute Gasteiger partial charge is 0.121 e. The molecule has 1 unspecified atom stereocenters. The van der Waals surface area contributed by atoms with Crippen LogP contribution in [0, 0.1) is 6.92 Å². The van der Waals surface area contributed by atoms with Crippen molar-refractivity contribution >= 4 is 0 Å². The van der Waals surface area contributed by atoms with E-state index in [0.29, 0.717) is 0 Å². The first-order valence-electron chi connectivity index (χ1n) is 6.94. The molecule has 104 valence electrons. The molecule has 0 saturated carbocycles. The Morgan fingerprint density at radius 1 is 1.42 bits per heavy atom. The van der Waals surface area contributed by atoms with Gasteiger partial charge in [0.05, 0.1) is 26.0 Å². The van der Waals surface area contributed by atoms with Gasteiger partial charge >= 0.3 is 0 Å². The van der Waals surface area contributed by atoms with Crippen molar-refractivity contribution in [2.24, 2.45) is 0 Å². The normalized spacial score (nSPS) is 16.5. The van der Waals surface area contributed by atoms with E-state index in [1.54, 1.807) is 7.11 Å². The number of hydrogen-bond acceptors (Lipinski definition) is 3. The number of nitrogens with one attached hydrogen (secondary N) is 1. The predicted molar refractivity (Wildman–Crippen MR) is 77.4 cm³/mol. The molecule has 2 rings (SSSR count). The van der Waals surface area contributed by atoms with Crippen molar-refractivity contribution in [1.29, 1.82) is 0 Å². The molecule has 1 atom stereocenters. The van der Waals surface area contributed by atoms with Crippen LogP contribution in [-0.4, -0.2) is 20.3 Å². The van der Waals surface area contributed by atoms with Gasteiger partial charge in [0, 0.05) is 0 Å². The van der Waals surface area contributed by atoms with Crippen LogP contribution in [0.2, 0.25) is 0 Å². The number of benzene rings is 1. The molecule has 0 aliphatic carbocycles. The summed E-state index contributed by atoms with van der Waals surface area (Å²) in [5, 5.41) is 3.54. The van der Waals surface area contributed by atoms with Crippen LogP contribution in [0.5, 0.6) is 5.75 Å². The standard InChI is InChI=1S/C16H23NO2/c1-4-17-16(14-6-5-9-19-11-14)13-7-8-15(18-3)12(2)10-13/h7-8,10-11,16-17H,4-6,9H2,1-3H3. The molecule has 0 bridgehead atoms. The van der Waals surface area contributed by atoms with Gasteiger partial charge in [0.25, 0.3) is 0 Å². The van der Waals surface area contributed by atoms with Crippen molar-refractivity contribution in [3.05, 3.63) is 41.2 Å². The lowest BCUT2D eigenvalue weighted by molar-refractivity contribution is 0.219. The van der Waals surface area contributed by atoms with Crippen LogP contribution in [0.25, 0.3) is 0 Å². The van der Waals surface area contributed by atoms with Crippen LogP contribution in [0.15, 0.2) is 30.0 Å². The van der Waals surface area contributed by atoms with E-state index in [1.807, 2.05) is 12.3 Å². The third-order valence-corrected chi connectivity index (χ3v) is 3.49. The quantitative estimate of drug-likeness (QED) is 0.881. The van der Waals surface area contributed by atoms with E-state index in [0.717, 1.165) is 31.7 Å². The second kappa shape index (κ2) is 6.62. The first-order valence-corrected chi connectivity index (χ1v) is 6.94. The summed E-state index contributed by atoms with van der Waals surface area (Å²) < 4.78 is 10.8. The summed E-state index contributed by atoms with van der Waals surface area (Å²) >= 11 is 0. The van der Waals surface area contributed by atoms with Gasteiger partial charge in [-0.05, 0) is 49.1 Å². The summed E-state index contributed by atoms with van der Waals surface area (Å²) in [4.78, 5) is 0. The second-order valence-electron chi connectivity index (χ2n) is 4.89. The molecule has 1 N–H and O–H groups in total. The van der Waals surface area contributed by atoms with E-state index in [4.69, 9.17) is 9.47 Å². The lowest BCUT2D eigenvalue weighted by Gasteiger charge is -2.25. The zero-order valence-corrected chi connectivity index (χ0v) is 12.0. The van der Waals surface area contributed by atoms with Crippen LogP contribution >= 0.6 is 0 Å². The molecule has 1 aromatic rings. The number of methoxy groups -OCH3 is 1. The molecule has 0 saturated heterocycles. The topological polar surface area (TPSA) is 30.5 Å². The summed E-state index contributed by atoms with van der Waals surface area (Å²) in [5.41, 5.74) is 3.77. The van der Waals surface area contributed by atoms with Gasteiger partial charge in [-0.3, -0.25) is 0 Å². The zero-order valence-electron chi connectivity index (χ0n) is 12.0. The minimum absolute atomic E-state index is 0.245. The fourth-order valence-electron chi connectivity index (χ4n) is 2.55. The number of ether oxygens (including phenoxy) is 2. The fourth-order valence-corrected chi connectivity index (χ4v) is 2.55. The lowest BCUT2D eigenvalue weighted by Crippen LogP contribution is -2.24. The predicted octanol–water partition coefficient (Wildman–Crippen LogP) is 3.35. The van der Waals surface area contributed by atoms with E-state index >= 15 is 0 Å². The van der Waals surface area contributed by atoms with Gasteiger partial charge in [0.15, 0.2) is 0 Å². The molecular formula is C16H23NO2. The number of aryl methyl sites for hydroxylation is 1. The van der Waals surface area contributed by atoms with Gasteiger partial charge in [-0.15, -0.1) is 0 Å². The summed E-state index contributed by atoms with van der Waals surface area (Å²) in [6.45, 7) is 5.99. The summed E-state index contributed by atoms with van der Waals surface area (Å²) in [7, 11) is 1.71.